The number of halogens is 1. The average molecular weight is 295 g/mol. The predicted molar refractivity (Wildman–Crippen MR) is 82.2 cm³/mol. The van der Waals surface area contributed by atoms with E-state index in [0.717, 1.165) is 44.2 Å². The van der Waals surface area contributed by atoms with Crippen LogP contribution in [0.1, 0.15) is 50.6 Å². The van der Waals surface area contributed by atoms with Gasteiger partial charge in [0.15, 0.2) is 0 Å². The molecule has 1 aromatic rings. The van der Waals surface area contributed by atoms with Gasteiger partial charge in [-0.15, -0.1) is 0 Å². The Morgan fingerprint density at radius 3 is 2.57 bits per heavy atom. The molecule has 0 saturated heterocycles. The van der Waals surface area contributed by atoms with E-state index in [0.29, 0.717) is 5.75 Å². The Balaban J connectivity index is 2.42. The van der Waals surface area contributed by atoms with Gasteiger partial charge in [-0.2, -0.15) is 0 Å². The fourth-order valence-electron chi connectivity index (χ4n) is 3.38. The minimum Gasteiger partial charge on any atom is -0.496 e. The van der Waals surface area contributed by atoms with Crippen LogP contribution < -0.4 is 10.1 Å². The first-order valence-electron chi connectivity index (χ1n) is 7.79. The van der Waals surface area contributed by atoms with E-state index in [-0.39, 0.29) is 17.5 Å². The van der Waals surface area contributed by atoms with E-state index in [1.165, 1.54) is 6.07 Å². The molecular formula is C17H26FNO2. The van der Waals surface area contributed by atoms with Crippen molar-refractivity contribution in [2.45, 2.75) is 50.7 Å². The molecule has 2 rings (SSSR count). The SMILES string of the molecule is CCCNC(c1cc(F)ccc1OC)C1(OC)CCCC1. The molecule has 0 bridgehead atoms. The van der Waals surface area contributed by atoms with Gasteiger partial charge in [-0.05, 0) is 44.0 Å². The van der Waals surface area contributed by atoms with Gasteiger partial charge in [0, 0.05) is 12.7 Å². The molecule has 3 nitrogen and oxygen atoms in total. The zero-order valence-corrected chi connectivity index (χ0v) is 13.2. The van der Waals surface area contributed by atoms with Gasteiger partial charge in [0.05, 0.1) is 18.8 Å². The topological polar surface area (TPSA) is 30.5 Å². The Bertz CT molecular complexity index is 458. The molecule has 0 heterocycles. The molecule has 1 atom stereocenters. The molecule has 1 aliphatic rings. The highest BCUT2D eigenvalue weighted by Crippen LogP contribution is 2.44. The Hall–Kier alpha value is -1.13. The largest absolute Gasteiger partial charge is 0.496 e. The van der Waals surface area contributed by atoms with Crippen LogP contribution in [0.4, 0.5) is 4.39 Å². The number of benzene rings is 1. The number of hydrogen-bond donors (Lipinski definition) is 1. The summed E-state index contributed by atoms with van der Waals surface area (Å²) >= 11 is 0. The fourth-order valence-corrected chi connectivity index (χ4v) is 3.38. The van der Waals surface area contributed by atoms with Crippen LogP contribution >= 0.6 is 0 Å². The third kappa shape index (κ3) is 3.38. The smallest absolute Gasteiger partial charge is 0.123 e. The molecule has 118 valence electrons. The second kappa shape index (κ2) is 7.23. The molecule has 0 radical (unpaired) electrons. The third-order valence-electron chi connectivity index (χ3n) is 4.48. The van der Waals surface area contributed by atoms with Crippen molar-refractivity contribution >= 4 is 0 Å². The molecule has 1 saturated carbocycles. The maximum atomic E-state index is 13.8. The van der Waals surface area contributed by atoms with Crippen molar-refractivity contribution in [3.63, 3.8) is 0 Å². The minimum absolute atomic E-state index is 0.0457. The van der Waals surface area contributed by atoms with Crippen LogP contribution in [0.25, 0.3) is 0 Å². The quantitative estimate of drug-likeness (QED) is 0.829. The lowest BCUT2D eigenvalue weighted by molar-refractivity contribution is -0.0373. The van der Waals surface area contributed by atoms with Crippen molar-refractivity contribution in [2.24, 2.45) is 0 Å². The van der Waals surface area contributed by atoms with Gasteiger partial charge in [0.2, 0.25) is 0 Å². The van der Waals surface area contributed by atoms with Crippen LogP contribution in [0.3, 0.4) is 0 Å². The van der Waals surface area contributed by atoms with Gasteiger partial charge >= 0.3 is 0 Å². The minimum atomic E-state index is -0.268. The van der Waals surface area contributed by atoms with Crippen molar-refractivity contribution in [3.8, 4) is 5.75 Å². The van der Waals surface area contributed by atoms with E-state index in [2.05, 4.69) is 12.2 Å². The van der Waals surface area contributed by atoms with Gasteiger partial charge in [0.25, 0.3) is 0 Å². The fraction of sp³-hybridized carbons (Fsp3) is 0.647. The molecule has 1 unspecified atom stereocenters. The molecule has 0 aromatic heterocycles. The first-order valence-corrected chi connectivity index (χ1v) is 7.79. The number of ether oxygens (including phenoxy) is 2. The van der Waals surface area contributed by atoms with E-state index in [4.69, 9.17) is 9.47 Å². The zero-order valence-electron chi connectivity index (χ0n) is 13.2. The van der Waals surface area contributed by atoms with E-state index in [9.17, 15) is 4.39 Å². The molecule has 1 N–H and O–H groups in total. The molecule has 1 aromatic carbocycles. The normalized spacial score (nSPS) is 18.7. The number of nitrogens with one attached hydrogen (secondary N) is 1. The van der Waals surface area contributed by atoms with Crippen molar-refractivity contribution in [1.82, 2.24) is 5.32 Å². The summed E-state index contributed by atoms with van der Waals surface area (Å²) in [4.78, 5) is 0. The highest BCUT2D eigenvalue weighted by atomic mass is 19.1. The lowest BCUT2D eigenvalue weighted by atomic mass is 9.86. The summed E-state index contributed by atoms with van der Waals surface area (Å²) in [5, 5.41) is 3.55. The third-order valence-corrected chi connectivity index (χ3v) is 4.48. The van der Waals surface area contributed by atoms with Gasteiger partial charge < -0.3 is 14.8 Å². The van der Waals surface area contributed by atoms with Crippen LogP contribution in [-0.2, 0) is 4.74 Å². The Morgan fingerprint density at radius 2 is 2.00 bits per heavy atom. The molecule has 4 heteroatoms. The highest BCUT2D eigenvalue weighted by molar-refractivity contribution is 5.38. The first-order chi connectivity index (χ1) is 10.2. The molecule has 1 aliphatic carbocycles. The summed E-state index contributed by atoms with van der Waals surface area (Å²) in [6, 6.07) is 4.66. The molecule has 0 amide bonds. The van der Waals surface area contributed by atoms with Crippen LogP contribution in [-0.4, -0.2) is 26.4 Å². The molecule has 0 spiro atoms. The Morgan fingerprint density at radius 1 is 1.29 bits per heavy atom. The van der Waals surface area contributed by atoms with Gasteiger partial charge in [-0.3, -0.25) is 0 Å². The van der Waals surface area contributed by atoms with E-state index in [1.807, 2.05) is 0 Å². The highest BCUT2D eigenvalue weighted by Gasteiger charge is 2.43. The average Bonchev–Trinajstić information content (AvgIpc) is 2.98. The number of rotatable bonds is 7. The van der Waals surface area contributed by atoms with Crippen molar-refractivity contribution in [2.75, 3.05) is 20.8 Å². The van der Waals surface area contributed by atoms with Crippen LogP contribution in [0.2, 0.25) is 0 Å². The van der Waals surface area contributed by atoms with Gasteiger partial charge in [-0.25, -0.2) is 4.39 Å². The maximum Gasteiger partial charge on any atom is 0.123 e. The second-order valence-electron chi connectivity index (χ2n) is 5.75. The van der Waals surface area contributed by atoms with Crippen LogP contribution in [0, 0.1) is 5.82 Å². The summed E-state index contributed by atoms with van der Waals surface area (Å²) in [5.74, 6) is 0.478. The zero-order chi connectivity index (χ0) is 15.3. The van der Waals surface area contributed by atoms with Crippen molar-refractivity contribution in [3.05, 3.63) is 29.6 Å². The van der Waals surface area contributed by atoms with Crippen LogP contribution in [0.15, 0.2) is 18.2 Å². The van der Waals surface area contributed by atoms with E-state index >= 15 is 0 Å². The number of hydrogen-bond acceptors (Lipinski definition) is 3. The lowest BCUT2D eigenvalue weighted by Crippen LogP contribution is -2.44. The summed E-state index contributed by atoms with van der Waals surface area (Å²) in [7, 11) is 3.39. The maximum absolute atomic E-state index is 13.8. The van der Waals surface area contributed by atoms with Crippen LogP contribution in [0.5, 0.6) is 5.75 Å². The van der Waals surface area contributed by atoms with Crippen molar-refractivity contribution < 1.29 is 13.9 Å². The number of methoxy groups -OCH3 is 2. The van der Waals surface area contributed by atoms with Gasteiger partial charge in [-0.1, -0.05) is 19.8 Å². The standard InChI is InChI=1S/C17H26FNO2/c1-4-11-19-16(17(21-3)9-5-6-10-17)14-12-13(18)7-8-15(14)20-2/h7-8,12,16,19H,4-6,9-11H2,1-3H3. The summed E-state index contributed by atoms with van der Waals surface area (Å²) < 4.78 is 25.1. The molecule has 1 fully saturated rings. The van der Waals surface area contributed by atoms with Gasteiger partial charge in [0.1, 0.15) is 11.6 Å². The van der Waals surface area contributed by atoms with E-state index in [1.54, 1.807) is 26.4 Å². The second-order valence-corrected chi connectivity index (χ2v) is 5.75. The Labute approximate surface area is 126 Å². The lowest BCUT2D eigenvalue weighted by Gasteiger charge is -2.38. The molecule has 21 heavy (non-hydrogen) atoms. The summed E-state index contributed by atoms with van der Waals surface area (Å²) in [6.07, 6.45) is 5.30. The summed E-state index contributed by atoms with van der Waals surface area (Å²) in [6.45, 7) is 3.00. The van der Waals surface area contributed by atoms with E-state index < -0.39 is 0 Å². The molecule has 0 aliphatic heterocycles. The first kappa shape index (κ1) is 16.2. The summed E-state index contributed by atoms with van der Waals surface area (Å²) in [5.41, 5.74) is 0.589. The van der Waals surface area contributed by atoms with Crippen molar-refractivity contribution in [1.29, 1.82) is 0 Å². The monoisotopic (exact) mass is 295 g/mol. The molecular weight excluding hydrogens is 269 g/mol. The Kier molecular flexibility index (Phi) is 5.59. The predicted octanol–water partition coefficient (Wildman–Crippen LogP) is 3.83.